The molecule has 0 saturated carbocycles. The third-order valence-electron chi connectivity index (χ3n) is 5.90. The Hall–Kier alpha value is -3.07. The monoisotopic (exact) mass is 517 g/mol. The first-order chi connectivity index (χ1) is 17.2. The Bertz CT molecular complexity index is 1080. The second kappa shape index (κ2) is 14.5. The van der Waals surface area contributed by atoms with Gasteiger partial charge in [0.1, 0.15) is 11.8 Å². The maximum atomic E-state index is 13.4. The number of unbranched alkanes of at least 4 members (excludes halogenated alkanes) is 1. The minimum Gasteiger partial charge on any atom is -0.497 e. The fraction of sp³-hybridized carbons (Fsp3) is 0.481. The predicted molar refractivity (Wildman–Crippen MR) is 143 cm³/mol. The van der Waals surface area contributed by atoms with Gasteiger partial charge in [-0.05, 0) is 37.0 Å². The van der Waals surface area contributed by atoms with Gasteiger partial charge in [0.15, 0.2) is 0 Å². The van der Waals surface area contributed by atoms with Crippen LogP contribution in [0.3, 0.4) is 0 Å². The summed E-state index contributed by atoms with van der Waals surface area (Å²) in [6.45, 7) is 4.97. The number of carbonyl (C=O) groups excluding carboxylic acids is 2. The molecule has 8 nitrogen and oxygen atoms in total. The van der Waals surface area contributed by atoms with Crippen LogP contribution in [-0.2, 0) is 26.2 Å². The fourth-order valence-electron chi connectivity index (χ4n) is 3.98. The van der Waals surface area contributed by atoms with Gasteiger partial charge in [-0.3, -0.25) is 13.9 Å². The molecule has 1 N–H and O–H groups in total. The van der Waals surface area contributed by atoms with Crippen LogP contribution in [0.4, 0.5) is 5.69 Å². The van der Waals surface area contributed by atoms with Crippen LogP contribution in [0.15, 0.2) is 54.6 Å². The van der Waals surface area contributed by atoms with E-state index in [1.807, 2.05) is 37.3 Å². The molecule has 0 bridgehead atoms. The van der Waals surface area contributed by atoms with Crippen molar-refractivity contribution in [3.8, 4) is 5.75 Å². The third-order valence-corrected chi connectivity index (χ3v) is 7.10. The molecule has 0 aliphatic carbocycles. The van der Waals surface area contributed by atoms with E-state index in [1.54, 1.807) is 29.2 Å². The zero-order valence-electron chi connectivity index (χ0n) is 21.8. The molecule has 0 aromatic heterocycles. The lowest BCUT2D eigenvalue weighted by molar-refractivity contribution is -0.141. The Labute approximate surface area is 215 Å². The summed E-state index contributed by atoms with van der Waals surface area (Å²) in [6, 6.07) is 15.8. The van der Waals surface area contributed by atoms with E-state index in [2.05, 4.69) is 12.2 Å². The summed E-state index contributed by atoms with van der Waals surface area (Å²) in [5, 5.41) is 2.95. The van der Waals surface area contributed by atoms with Crippen LogP contribution >= 0.6 is 0 Å². The first-order valence-corrected chi connectivity index (χ1v) is 14.3. The van der Waals surface area contributed by atoms with Crippen molar-refractivity contribution < 1.29 is 22.7 Å². The number of anilines is 1. The van der Waals surface area contributed by atoms with Crippen molar-refractivity contribution in [1.82, 2.24) is 10.2 Å². The van der Waals surface area contributed by atoms with Crippen LogP contribution in [0, 0.1) is 0 Å². The first-order valence-electron chi connectivity index (χ1n) is 12.4. The van der Waals surface area contributed by atoms with Crippen LogP contribution in [0.2, 0.25) is 0 Å². The lowest BCUT2D eigenvalue weighted by Crippen LogP contribution is -2.49. The number of methoxy groups -OCH3 is 1. The molecule has 36 heavy (non-hydrogen) atoms. The van der Waals surface area contributed by atoms with Crippen molar-refractivity contribution in [3.05, 3.63) is 60.2 Å². The van der Waals surface area contributed by atoms with E-state index < -0.39 is 16.1 Å². The molecule has 2 aromatic rings. The highest BCUT2D eigenvalue weighted by Gasteiger charge is 2.28. The molecule has 9 heteroatoms. The smallest absolute Gasteiger partial charge is 0.242 e. The van der Waals surface area contributed by atoms with E-state index in [-0.39, 0.29) is 24.8 Å². The van der Waals surface area contributed by atoms with Crippen LogP contribution in [0.5, 0.6) is 5.75 Å². The van der Waals surface area contributed by atoms with Gasteiger partial charge in [0.2, 0.25) is 21.8 Å². The van der Waals surface area contributed by atoms with Gasteiger partial charge in [-0.1, -0.05) is 56.7 Å². The highest BCUT2D eigenvalue weighted by Crippen LogP contribution is 2.24. The van der Waals surface area contributed by atoms with Crippen molar-refractivity contribution in [1.29, 1.82) is 0 Å². The summed E-state index contributed by atoms with van der Waals surface area (Å²) in [6.07, 6.45) is 3.89. The summed E-state index contributed by atoms with van der Waals surface area (Å²) in [5.74, 6) is 0.200. The lowest BCUT2D eigenvalue weighted by atomic mass is 10.1. The van der Waals surface area contributed by atoms with Gasteiger partial charge in [-0.25, -0.2) is 8.42 Å². The quantitative estimate of drug-likeness (QED) is 0.361. The molecule has 0 spiro atoms. The minimum absolute atomic E-state index is 0.113. The second-order valence-corrected chi connectivity index (χ2v) is 10.6. The average Bonchev–Trinajstić information content (AvgIpc) is 2.86. The Kier molecular flexibility index (Phi) is 11.7. The van der Waals surface area contributed by atoms with Gasteiger partial charge in [0, 0.05) is 32.1 Å². The van der Waals surface area contributed by atoms with E-state index in [9.17, 15) is 18.0 Å². The number of hydrogen-bond donors (Lipinski definition) is 1. The summed E-state index contributed by atoms with van der Waals surface area (Å²) in [4.78, 5) is 28.0. The van der Waals surface area contributed by atoms with Gasteiger partial charge in [0.25, 0.3) is 0 Å². The van der Waals surface area contributed by atoms with E-state index in [0.29, 0.717) is 37.4 Å². The number of rotatable bonds is 15. The molecule has 2 aromatic carbocycles. The van der Waals surface area contributed by atoms with Crippen LogP contribution < -0.4 is 14.4 Å². The molecular weight excluding hydrogens is 478 g/mol. The summed E-state index contributed by atoms with van der Waals surface area (Å²) in [5.41, 5.74) is 1.41. The molecular formula is C27H39N3O5S. The molecule has 1 atom stereocenters. The zero-order valence-corrected chi connectivity index (χ0v) is 22.6. The number of ether oxygens (including phenoxy) is 1. The van der Waals surface area contributed by atoms with Gasteiger partial charge in [-0.15, -0.1) is 0 Å². The number of amides is 2. The molecule has 2 amide bonds. The molecule has 198 valence electrons. The van der Waals surface area contributed by atoms with Crippen molar-refractivity contribution >= 4 is 27.5 Å². The van der Waals surface area contributed by atoms with E-state index in [0.717, 1.165) is 24.7 Å². The molecule has 0 unspecified atom stereocenters. The van der Waals surface area contributed by atoms with E-state index in [1.165, 1.54) is 11.4 Å². The van der Waals surface area contributed by atoms with Gasteiger partial charge < -0.3 is 15.0 Å². The Balaban J connectivity index is 2.17. The number of benzene rings is 2. The third kappa shape index (κ3) is 8.86. The van der Waals surface area contributed by atoms with Gasteiger partial charge >= 0.3 is 0 Å². The molecule has 0 heterocycles. The molecule has 0 aliphatic rings. The zero-order chi connectivity index (χ0) is 26.6. The maximum absolute atomic E-state index is 13.4. The second-order valence-electron chi connectivity index (χ2n) is 8.72. The Morgan fingerprint density at radius 3 is 2.36 bits per heavy atom. The predicted octanol–water partition coefficient (Wildman–Crippen LogP) is 3.97. The first kappa shape index (κ1) is 29.2. The largest absolute Gasteiger partial charge is 0.497 e. The van der Waals surface area contributed by atoms with Crippen LogP contribution in [-0.4, -0.2) is 57.6 Å². The highest BCUT2D eigenvalue weighted by atomic mass is 32.2. The fourth-order valence-corrected chi connectivity index (χ4v) is 4.93. The topological polar surface area (TPSA) is 96.0 Å². The van der Waals surface area contributed by atoms with Crippen molar-refractivity contribution in [2.24, 2.45) is 0 Å². The summed E-state index contributed by atoms with van der Waals surface area (Å²) >= 11 is 0. The van der Waals surface area contributed by atoms with E-state index >= 15 is 0 Å². The van der Waals surface area contributed by atoms with Crippen LogP contribution in [0.1, 0.15) is 51.5 Å². The van der Waals surface area contributed by atoms with Crippen molar-refractivity contribution in [3.63, 3.8) is 0 Å². The van der Waals surface area contributed by atoms with Gasteiger partial charge in [-0.2, -0.15) is 0 Å². The lowest BCUT2D eigenvalue weighted by Gasteiger charge is -2.31. The number of hydrogen-bond acceptors (Lipinski definition) is 5. The number of carbonyl (C=O) groups is 2. The summed E-state index contributed by atoms with van der Waals surface area (Å²) in [7, 11) is -2.05. The van der Waals surface area contributed by atoms with E-state index in [4.69, 9.17) is 4.74 Å². The van der Waals surface area contributed by atoms with Crippen LogP contribution in [0.25, 0.3) is 0 Å². The number of nitrogens with zero attached hydrogens (tertiary/aromatic N) is 2. The van der Waals surface area contributed by atoms with Crippen molar-refractivity contribution in [2.45, 2.75) is 58.5 Å². The van der Waals surface area contributed by atoms with Crippen molar-refractivity contribution in [2.75, 3.05) is 30.8 Å². The number of sulfonamides is 1. The molecule has 2 rings (SSSR count). The Morgan fingerprint density at radius 1 is 1.03 bits per heavy atom. The molecule has 0 fully saturated rings. The molecule has 0 radical (unpaired) electrons. The van der Waals surface area contributed by atoms with Gasteiger partial charge in [0.05, 0.1) is 19.1 Å². The minimum atomic E-state index is -3.57. The molecule has 0 aliphatic heterocycles. The summed E-state index contributed by atoms with van der Waals surface area (Å²) < 4.78 is 31.5. The average molecular weight is 518 g/mol. The maximum Gasteiger partial charge on any atom is 0.242 e. The normalized spacial score (nSPS) is 12.0. The standard InChI is InChI=1S/C27H39N3O5S/c1-5-7-18-28-27(32)25(6-2)29(21-22-13-9-8-10-14-22)26(31)17-12-19-30(36(4,33)34)23-15-11-16-24(20-23)35-3/h8-11,13-16,20,25H,5-7,12,17-19,21H2,1-4H3,(H,28,32)/t25-/m0/s1. The SMILES string of the molecule is CCCCNC(=O)[C@H](CC)N(Cc1ccccc1)C(=O)CCCN(c1cccc(OC)c1)S(C)(=O)=O. The number of nitrogens with one attached hydrogen (secondary N) is 1. The molecule has 0 saturated heterocycles. The highest BCUT2D eigenvalue weighted by molar-refractivity contribution is 7.92. The Morgan fingerprint density at radius 2 is 1.75 bits per heavy atom.